The molecule has 0 aromatic carbocycles. The van der Waals surface area contributed by atoms with Gasteiger partial charge in [0.25, 0.3) is 0 Å². The Kier molecular flexibility index (Phi) is 14.2. The first-order valence-electron chi connectivity index (χ1n) is 2.54. The van der Waals surface area contributed by atoms with Crippen molar-refractivity contribution in [2.24, 2.45) is 0 Å². The van der Waals surface area contributed by atoms with E-state index in [-0.39, 0.29) is 52.8 Å². The summed E-state index contributed by atoms with van der Waals surface area (Å²) in [5.74, 6) is 0. The summed E-state index contributed by atoms with van der Waals surface area (Å²) in [4.78, 5) is 0. The SMILES string of the molecule is CCO[P+](=O)OCC.[H-].[K+]. The third kappa shape index (κ3) is 9.66. The largest absolute Gasteiger partial charge is 1.00 e. The predicted molar refractivity (Wildman–Crippen MR) is 32.0 cm³/mol. The van der Waals surface area contributed by atoms with Crippen molar-refractivity contribution < 1.29 is 66.4 Å². The maximum atomic E-state index is 10.3. The van der Waals surface area contributed by atoms with Crippen molar-refractivity contribution in [3.8, 4) is 0 Å². The van der Waals surface area contributed by atoms with E-state index in [4.69, 9.17) is 0 Å². The van der Waals surface area contributed by atoms with Crippen molar-refractivity contribution in [1.29, 1.82) is 0 Å². The molecule has 5 heteroatoms. The van der Waals surface area contributed by atoms with E-state index < -0.39 is 8.25 Å². The van der Waals surface area contributed by atoms with E-state index in [2.05, 4.69) is 9.05 Å². The van der Waals surface area contributed by atoms with Gasteiger partial charge in [-0.2, -0.15) is 0 Å². The number of rotatable bonds is 4. The summed E-state index contributed by atoms with van der Waals surface area (Å²) in [7, 11) is -1.83. The molecule has 0 aliphatic carbocycles. The van der Waals surface area contributed by atoms with Crippen molar-refractivity contribution >= 4 is 8.25 Å². The Bertz CT molecular complexity index is 74.9. The second-order valence-corrected chi connectivity index (χ2v) is 2.02. The average molecular weight is 177 g/mol. The van der Waals surface area contributed by atoms with Crippen LogP contribution in [0.5, 0.6) is 0 Å². The minimum Gasteiger partial charge on any atom is -1.00 e. The first-order chi connectivity index (χ1) is 3.81. The van der Waals surface area contributed by atoms with Gasteiger partial charge in [-0.3, -0.25) is 0 Å². The third-order valence-corrected chi connectivity index (χ3v) is 1.41. The molecule has 9 heavy (non-hydrogen) atoms. The van der Waals surface area contributed by atoms with Gasteiger partial charge in [0.15, 0.2) is 0 Å². The summed E-state index contributed by atoms with van der Waals surface area (Å²) in [6, 6.07) is 0. The van der Waals surface area contributed by atoms with Crippen LogP contribution in [0.3, 0.4) is 0 Å². The van der Waals surface area contributed by atoms with Gasteiger partial charge in [-0.25, -0.2) is 0 Å². The maximum Gasteiger partial charge on any atom is 1.00 e. The van der Waals surface area contributed by atoms with Gasteiger partial charge in [0.05, 0.1) is 0 Å². The summed E-state index contributed by atoms with van der Waals surface area (Å²) in [6.07, 6.45) is 0. The van der Waals surface area contributed by atoms with E-state index in [1.165, 1.54) is 0 Å². The molecule has 0 bridgehead atoms. The van der Waals surface area contributed by atoms with Crippen LogP contribution in [0.2, 0.25) is 0 Å². The topological polar surface area (TPSA) is 35.5 Å². The molecule has 0 saturated heterocycles. The maximum absolute atomic E-state index is 10.3. The monoisotopic (exact) mass is 177 g/mol. The average Bonchev–Trinajstić information content (AvgIpc) is 1.68. The molecule has 0 aromatic rings. The van der Waals surface area contributed by atoms with E-state index in [0.29, 0.717) is 13.2 Å². The minimum absolute atomic E-state index is 0. The van der Waals surface area contributed by atoms with E-state index >= 15 is 0 Å². The van der Waals surface area contributed by atoms with Crippen molar-refractivity contribution in [1.82, 2.24) is 0 Å². The zero-order valence-corrected chi connectivity index (χ0v) is 10.1. The normalized spacial score (nSPS) is 8.22. The first-order valence-corrected chi connectivity index (χ1v) is 3.63. The molecule has 0 N–H and O–H groups in total. The molecule has 0 amide bonds. The van der Waals surface area contributed by atoms with E-state index in [1.807, 2.05) is 0 Å². The Hall–Kier alpha value is 1.66. The molecule has 0 aromatic heterocycles. The van der Waals surface area contributed by atoms with Crippen LogP contribution < -0.4 is 51.4 Å². The fourth-order valence-electron chi connectivity index (χ4n) is 0.248. The second-order valence-electron chi connectivity index (χ2n) is 1.06. The van der Waals surface area contributed by atoms with E-state index in [9.17, 15) is 4.57 Å². The smallest absolute Gasteiger partial charge is 1.00 e. The molecule has 0 rings (SSSR count). The van der Waals surface area contributed by atoms with Gasteiger partial charge in [-0.05, 0) is 13.8 Å². The molecule has 0 radical (unpaired) electrons. The van der Waals surface area contributed by atoms with Crippen molar-refractivity contribution in [2.45, 2.75) is 13.8 Å². The van der Waals surface area contributed by atoms with Crippen LogP contribution in [-0.4, -0.2) is 13.2 Å². The predicted octanol–water partition coefficient (Wildman–Crippen LogP) is -1.17. The summed E-state index contributed by atoms with van der Waals surface area (Å²) >= 11 is 0. The number of hydrogen-bond donors (Lipinski definition) is 0. The molecular weight excluding hydrogens is 166 g/mol. The standard InChI is InChI=1S/C4H10O3P.K.H/c1-3-6-8(5)7-4-2;;/h3-4H2,1-2H3;;/q2*+1;-1. The molecule has 0 atom stereocenters. The summed E-state index contributed by atoms with van der Waals surface area (Å²) < 4.78 is 19.5. The van der Waals surface area contributed by atoms with Crippen LogP contribution in [0.4, 0.5) is 0 Å². The molecule has 0 aliphatic heterocycles. The molecular formula is C4H11KO3P+. The van der Waals surface area contributed by atoms with Crippen molar-refractivity contribution in [2.75, 3.05) is 13.2 Å². The van der Waals surface area contributed by atoms with Crippen molar-refractivity contribution in [3.05, 3.63) is 0 Å². The van der Waals surface area contributed by atoms with E-state index in [0.717, 1.165) is 0 Å². The second kappa shape index (κ2) is 9.66. The van der Waals surface area contributed by atoms with Gasteiger partial charge >= 0.3 is 59.6 Å². The van der Waals surface area contributed by atoms with Gasteiger partial charge in [0, 0.05) is 4.57 Å². The molecule has 0 unspecified atom stereocenters. The van der Waals surface area contributed by atoms with Gasteiger partial charge in [-0.15, -0.1) is 9.05 Å². The Morgan fingerprint density at radius 1 is 1.33 bits per heavy atom. The van der Waals surface area contributed by atoms with Crippen LogP contribution in [0.15, 0.2) is 0 Å². The fourth-order valence-corrected chi connectivity index (χ4v) is 0.744. The molecule has 0 spiro atoms. The summed E-state index contributed by atoms with van der Waals surface area (Å²) in [5, 5.41) is 0. The third-order valence-electron chi connectivity index (χ3n) is 0.469. The van der Waals surface area contributed by atoms with Gasteiger partial charge in [0.1, 0.15) is 13.2 Å². The Labute approximate surface area is 100 Å². The quantitative estimate of drug-likeness (QED) is 0.401. The molecule has 0 saturated carbocycles. The van der Waals surface area contributed by atoms with Gasteiger partial charge < -0.3 is 1.43 Å². The minimum atomic E-state index is -1.83. The van der Waals surface area contributed by atoms with E-state index in [1.54, 1.807) is 13.8 Å². The van der Waals surface area contributed by atoms with Crippen LogP contribution in [0, 0.1) is 0 Å². The van der Waals surface area contributed by atoms with Crippen LogP contribution in [-0.2, 0) is 13.6 Å². The molecule has 3 nitrogen and oxygen atoms in total. The Balaban J connectivity index is -0.000000245. The Morgan fingerprint density at radius 3 is 1.89 bits per heavy atom. The number of hydrogen-bond acceptors (Lipinski definition) is 3. The zero-order valence-electron chi connectivity index (χ0n) is 7.09. The molecule has 0 aliphatic rings. The van der Waals surface area contributed by atoms with Crippen molar-refractivity contribution in [3.63, 3.8) is 0 Å². The zero-order chi connectivity index (χ0) is 6.41. The van der Waals surface area contributed by atoms with Crippen LogP contribution in [0.25, 0.3) is 0 Å². The molecule has 50 valence electrons. The summed E-state index contributed by atoms with van der Waals surface area (Å²) in [5.41, 5.74) is 0. The van der Waals surface area contributed by atoms with Gasteiger partial charge in [-0.1, -0.05) is 0 Å². The molecule has 0 heterocycles. The van der Waals surface area contributed by atoms with Crippen LogP contribution >= 0.6 is 8.25 Å². The first kappa shape index (κ1) is 13.3. The molecule has 0 fully saturated rings. The summed E-state index contributed by atoms with van der Waals surface area (Å²) in [6.45, 7) is 4.42. The Morgan fingerprint density at radius 2 is 1.67 bits per heavy atom. The van der Waals surface area contributed by atoms with Gasteiger partial charge in [0.2, 0.25) is 0 Å². The fraction of sp³-hybridized carbons (Fsp3) is 1.00. The van der Waals surface area contributed by atoms with Crippen LogP contribution in [0.1, 0.15) is 15.3 Å².